The van der Waals surface area contributed by atoms with E-state index < -0.39 is 0 Å². The summed E-state index contributed by atoms with van der Waals surface area (Å²) < 4.78 is 11.6. The van der Waals surface area contributed by atoms with E-state index in [4.69, 9.17) is 33.3 Å². The first-order valence-electron chi connectivity index (χ1n) is 8.80. The number of nitrogens with one attached hydrogen (secondary N) is 2. The van der Waals surface area contributed by atoms with E-state index >= 15 is 0 Å². The van der Waals surface area contributed by atoms with Gasteiger partial charge in [0.1, 0.15) is 24.7 Å². The second kappa shape index (κ2) is 11.3. The van der Waals surface area contributed by atoms with Crippen LogP contribution in [0.2, 0.25) is 5.02 Å². The van der Waals surface area contributed by atoms with Gasteiger partial charge in [-0.05, 0) is 67.5 Å². The minimum atomic E-state index is 0.391. The molecule has 0 aromatic heterocycles. The molecule has 0 saturated carbocycles. The highest BCUT2D eigenvalue weighted by atomic mass is 35.5. The Hall–Kier alpha value is -2.57. The zero-order chi connectivity index (χ0) is 20.4. The summed E-state index contributed by atoms with van der Waals surface area (Å²) >= 11 is 11.2. The van der Waals surface area contributed by atoms with E-state index in [1.165, 1.54) is 11.1 Å². The highest BCUT2D eigenvalue weighted by molar-refractivity contribution is 7.80. The molecule has 0 bridgehead atoms. The van der Waals surface area contributed by atoms with Crippen molar-refractivity contribution in [1.29, 1.82) is 0 Å². The van der Waals surface area contributed by atoms with E-state index in [-0.39, 0.29) is 0 Å². The fourth-order valence-electron chi connectivity index (χ4n) is 2.23. The number of hydrogen-bond donors (Lipinski definition) is 2. The monoisotopic (exact) mass is 417 g/mol. The second-order valence-electron chi connectivity index (χ2n) is 5.99. The zero-order valence-corrected chi connectivity index (χ0v) is 17.6. The average molecular weight is 418 g/mol. The Morgan fingerprint density at radius 2 is 1.93 bits per heavy atom. The second-order valence-corrected chi connectivity index (χ2v) is 6.84. The maximum atomic E-state index is 6.08. The molecule has 0 aliphatic heterocycles. The Bertz CT molecular complexity index is 856. The molecule has 0 fully saturated rings. The SMILES string of the molecule is C=CCNC(=S)NN=Cc1cc(Cl)ccc1OCCOc1ccc(C)c(C)c1. The number of benzene rings is 2. The lowest BCUT2D eigenvalue weighted by molar-refractivity contribution is 0.217. The normalized spacial score (nSPS) is 10.5. The van der Waals surface area contributed by atoms with Crippen LogP contribution in [0.25, 0.3) is 0 Å². The predicted molar refractivity (Wildman–Crippen MR) is 120 cm³/mol. The third-order valence-corrected chi connectivity index (χ3v) is 4.31. The first-order chi connectivity index (χ1) is 13.5. The van der Waals surface area contributed by atoms with Gasteiger partial charge in [0.25, 0.3) is 0 Å². The number of hydrazone groups is 1. The quantitative estimate of drug-likeness (QED) is 0.208. The van der Waals surface area contributed by atoms with Crippen LogP contribution in [0, 0.1) is 13.8 Å². The summed E-state index contributed by atoms with van der Waals surface area (Å²) in [5.74, 6) is 1.48. The van der Waals surface area contributed by atoms with Crippen LogP contribution in [0.15, 0.2) is 54.2 Å². The van der Waals surface area contributed by atoms with E-state index in [1.54, 1.807) is 30.5 Å². The Labute approximate surface area is 176 Å². The number of thiocarbonyl (C=S) groups is 1. The molecule has 0 saturated heterocycles. The molecule has 0 aliphatic rings. The van der Waals surface area contributed by atoms with Crippen molar-refractivity contribution in [3.05, 3.63) is 70.8 Å². The first kappa shape index (κ1) is 21.7. The summed E-state index contributed by atoms with van der Waals surface area (Å²) in [5, 5.41) is 8.03. The van der Waals surface area contributed by atoms with Gasteiger partial charge in [0, 0.05) is 17.1 Å². The summed E-state index contributed by atoms with van der Waals surface area (Å²) in [6, 6.07) is 11.4. The Kier molecular flexibility index (Phi) is 8.78. The molecule has 148 valence electrons. The molecule has 2 N–H and O–H groups in total. The molecule has 0 aliphatic carbocycles. The first-order valence-corrected chi connectivity index (χ1v) is 9.58. The molecule has 28 heavy (non-hydrogen) atoms. The topological polar surface area (TPSA) is 54.9 Å². The van der Waals surface area contributed by atoms with Crippen LogP contribution >= 0.6 is 23.8 Å². The third kappa shape index (κ3) is 7.21. The van der Waals surface area contributed by atoms with Gasteiger partial charge in [-0.2, -0.15) is 5.10 Å². The molecule has 2 aromatic rings. The van der Waals surface area contributed by atoms with Gasteiger partial charge in [0.15, 0.2) is 5.11 Å². The largest absolute Gasteiger partial charge is 0.490 e. The molecule has 2 aromatic carbocycles. The van der Waals surface area contributed by atoms with Crippen molar-refractivity contribution in [2.24, 2.45) is 5.10 Å². The third-order valence-electron chi connectivity index (χ3n) is 3.84. The minimum Gasteiger partial charge on any atom is -0.490 e. The number of halogens is 1. The fourth-order valence-corrected chi connectivity index (χ4v) is 2.55. The van der Waals surface area contributed by atoms with Gasteiger partial charge < -0.3 is 14.8 Å². The van der Waals surface area contributed by atoms with Gasteiger partial charge in [-0.15, -0.1) is 6.58 Å². The van der Waals surface area contributed by atoms with Crippen molar-refractivity contribution in [2.75, 3.05) is 19.8 Å². The van der Waals surface area contributed by atoms with E-state index in [0.717, 1.165) is 11.3 Å². The Morgan fingerprint density at radius 3 is 2.68 bits per heavy atom. The van der Waals surface area contributed by atoms with E-state index in [9.17, 15) is 0 Å². The molecule has 5 nitrogen and oxygen atoms in total. The minimum absolute atomic E-state index is 0.391. The van der Waals surface area contributed by atoms with Crippen LogP contribution < -0.4 is 20.2 Å². The summed E-state index contributed by atoms with van der Waals surface area (Å²) in [7, 11) is 0. The number of aryl methyl sites for hydroxylation is 2. The smallest absolute Gasteiger partial charge is 0.187 e. The molecule has 0 unspecified atom stereocenters. The maximum absolute atomic E-state index is 6.08. The molecular formula is C21H24ClN3O2S. The van der Waals surface area contributed by atoms with Gasteiger partial charge in [-0.25, -0.2) is 0 Å². The van der Waals surface area contributed by atoms with Crippen LogP contribution in [0.1, 0.15) is 16.7 Å². The lowest BCUT2D eigenvalue weighted by Crippen LogP contribution is -2.31. The Morgan fingerprint density at radius 1 is 1.14 bits per heavy atom. The molecule has 0 atom stereocenters. The van der Waals surface area contributed by atoms with Crippen LogP contribution in [-0.4, -0.2) is 31.1 Å². The summed E-state index contributed by atoms with van der Waals surface area (Å²) in [4.78, 5) is 0. The average Bonchev–Trinajstić information content (AvgIpc) is 2.67. The highest BCUT2D eigenvalue weighted by Crippen LogP contribution is 2.22. The summed E-state index contributed by atoms with van der Waals surface area (Å²) in [6.45, 7) is 9.13. The van der Waals surface area contributed by atoms with Crippen LogP contribution in [0.5, 0.6) is 11.5 Å². The molecule has 0 amide bonds. The lowest BCUT2D eigenvalue weighted by atomic mass is 10.1. The maximum Gasteiger partial charge on any atom is 0.187 e. The number of ether oxygens (including phenoxy) is 2. The number of nitrogens with zero attached hydrogens (tertiary/aromatic N) is 1. The van der Waals surface area contributed by atoms with Crippen molar-refractivity contribution < 1.29 is 9.47 Å². The number of rotatable bonds is 9. The van der Waals surface area contributed by atoms with Crippen molar-refractivity contribution in [2.45, 2.75) is 13.8 Å². The van der Waals surface area contributed by atoms with Crippen LogP contribution in [0.4, 0.5) is 0 Å². The lowest BCUT2D eigenvalue weighted by Gasteiger charge is -2.11. The van der Waals surface area contributed by atoms with Gasteiger partial charge >= 0.3 is 0 Å². The van der Waals surface area contributed by atoms with Gasteiger partial charge in [-0.3, -0.25) is 5.43 Å². The fraction of sp³-hybridized carbons (Fsp3) is 0.238. The van der Waals surface area contributed by atoms with Gasteiger partial charge in [0.2, 0.25) is 0 Å². The van der Waals surface area contributed by atoms with Crippen molar-refractivity contribution in [3.8, 4) is 11.5 Å². The predicted octanol–water partition coefficient (Wildman–Crippen LogP) is 4.40. The van der Waals surface area contributed by atoms with E-state index in [1.807, 2.05) is 18.2 Å². The zero-order valence-electron chi connectivity index (χ0n) is 16.0. The molecular weight excluding hydrogens is 394 g/mol. The van der Waals surface area contributed by atoms with Crippen LogP contribution in [-0.2, 0) is 0 Å². The highest BCUT2D eigenvalue weighted by Gasteiger charge is 2.04. The van der Waals surface area contributed by atoms with Crippen molar-refractivity contribution >= 4 is 35.1 Å². The molecule has 0 heterocycles. The molecule has 2 rings (SSSR count). The summed E-state index contributed by atoms with van der Waals surface area (Å²) in [5.41, 5.74) is 5.90. The molecule has 0 radical (unpaired) electrons. The van der Waals surface area contributed by atoms with Gasteiger partial charge in [0.05, 0.1) is 6.21 Å². The van der Waals surface area contributed by atoms with Crippen molar-refractivity contribution in [1.82, 2.24) is 10.7 Å². The standard InChI is InChI=1S/C21H24ClN3O2S/c1-4-9-23-21(28)25-24-14-17-13-18(22)6-8-20(17)27-11-10-26-19-7-5-15(2)16(3)12-19/h4-8,12-14H,1,9-11H2,2-3H3,(H2,23,25,28). The molecule has 7 heteroatoms. The van der Waals surface area contributed by atoms with Crippen molar-refractivity contribution in [3.63, 3.8) is 0 Å². The van der Waals surface area contributed by atoms with Crippen LogP contribution in [0.3, 0.4) is 0 Å². The molecule has 0 spiro atoms. The van der Waals surface area contributed by atoms with Gasteiger partial charge in [-0.1, -0.05) is 23.7 Å². The van der Waals surface area contributed by atoms with E-state index in [2.05, 4.69) is 36.3 Å². The Balaban J connectivity index is 1.89. The summed E-state index contributed by atoms with van der Waals surface area (Å²) in [6.07, 6.45) is 3.31. The van der Waals surface area contributed by atoms with E-state index in [0.29, 0.717) is 35.6 Å². The number of hydrogen-bond acceptors (Lipinski definition) is 4.